The number of ether oxygens (including phenoxy) is 1. The third-order valence-electron chi connectivity index (χ3n) is 2.83. The number of rotatable bonds is 3. The minimum atomic E-state index is -0.661. The molecule has 1 unspecified atom stereocenters. The number of benzene rings is 1. The second-order valence-corrected chi connectivity index (χ2v) is 5.28. The van der Waals surface area contributed by atoms with Gasteiger partial charge in [0, 0.05) is 12.2 Å². The largest absolute Gasteiger partial charge is 0.494 e. The minimum Gasteiger partial charge on any atom is -0.494 e. The number of aliphatic hydroxyl groups is 1. The molecule has 0 aromatic heterocycles. The molecule has 1 saturated heterocycles. The van der Waals surface area contributed by atoms with Crippen LogP contribution in [0.5, 0.6) is 5.75 Å². The van der Waals surface area contributed by atoms with Gasteiger partial charge in [0.2, 0.25) is 0 Å². The minimum absolute atomic E-state index is 0.247. The van der Waals surface area contributed by atoms with Gasteiger partial charge in [-0.3, -0.25) is 0 Å². The SMILES string of the molecule is COc1ccc(CC2(O)CCSC2)cc1F. The van der Waals surface area contributed by atoms with Crippen molar-refractivity contribution in [2.24, 2.45) is 0 Å². The quantitative estimate of drug-likeness (QED) is 0.881. The molecule has 1 heterocycles. The van der Waals surface area contributed by atoms with Crippen LogP contribution in [0.15, 0.2) is 18.2 Å². The van der Waals surface area contributed by atoms with Crippen LogP contribution in [0.2, 0.25) is 0 Å². The van der Waals surface area contributed by atoms with E-state index in [0.29, 0.717) is 6.42 Å². The van der Waals surface area contributed by atoms with Crippen LogP contribution in [0.1, 0.15) is 12.0 Å². The molecule has 0 amide bonds. The normalized spacial score (nSPS) is 24.7. The Bertz CT molecular complexity index is 375. The summed E-state index contributed by atoms with van der Waals surface area (Å²) in [5.74, 6) is 1.60. The monoisotopic (exact) mass is 242 g/mol. The summed E-state index contributed by atoms with van der Waals surface area (Å²) in [6, 6.07) is 4.86. The Kier molecular flexibility index (Phi) is 3.40. The molecule has 0 aliphatic carbocycles. The molecule has 1 aliphatic heterocycles. The fourth-order valence-electron chi connectivity index (χ4n) is 1.94. The number of hydrogen-bond acceptors (Lipinski definition) is 3. The van der Waals surface area contributed by atoms with Gasteiger partial charge < -0.3 is 9.84 Å². The third kappa shape index (κ3) is 2.50. The van der Waals surface area contributed by atoms with Crippen molar-refractivity contribution in [2.75, 3.05) is 18.6 Å². The lowest BCUT2D eigenvalue weighted by molar-refractivity contribution is 0.0685. The van der Waals surface area contributed by atoms with Crippen LogP contribution in [0.4, 0.5) is 4.39 Å². The zero-order chi connectivity index (χ0) is 11.6. The molecule has 1 aromatic carbocycles. The molecule has 4 heteroatoms. The van der Waals surface area contributed by atoms with Crippen molar-refractivity contribution in [3.8, 4) is 5.75 Å². The maximum Gasteiger partial charge on any atom is 0.165 e. The summed E-state index contributed by atoms with van der Waals surface area (Å²) in [5, 5.41) is 10.2. The summed E-state index contributed by atoms with van der Waals surface area (Å²) in [6.45, 7) is 0. The summed E-state index contributed by atoms with van der Waals surface area (Å²) in [4.78, 5) is 0. The van der Waals surface area contributed by atoms with Gasteiger partial charge in [-0.05, 0) is 29.9 Å². The van der Waals surface area contributed by atoms with Gasteiger partial charge in [0.25, 0.3) is 0 Å². The lowest BCUT2D eigenvalue weighted by Crippen LogP contribution is -2.30. The maximum atomic E-state index is 13.4. The number of halogens is 1. The molecule has 1 aromatic rings. The molecule has 1 aliphatic rings. The first kappa shape index (κ1) is 11.7. The van der Waals surface area contributed by atoms with Crippen molar-refractivity contribution in [3.63, 3.8) is 0 Å². The van der Waals surface area contributed by atoms with Gasteiger partial charge in [0.05, 0.1) is 12.7 Å². The van der Waals surface area contributed by atoms with E-state index in [-0.39, 0.29) is 11.6 Å². The Labute approximate surface area is 98.8 Å². The predicted molar refractivity (Wildman–Crippen MR) is 63.5 cm³/mol. The van der Waals surface area contributed by atoms with E-state index in [2.05, 4.69) is 0 Å². The first-order valence-corrected chi connectivity index (χ1v) is 6.41. The van der Waals surface area contributed by atoms with Crippen LogP contribution in [-0.4, -0.2) is 29.3 Å². The molecule has 1 atom stereocenters. The van der Waals surface area contributed by atoms with Crippen LogP contribution in [0.3, 0.4) is 0 Å². The predicted octanol–water partition coefficient (Wildman–Crippen LogP) is 2.24. The number of methoxy groups -OCH3 is 1. The first-order valence-electron chi connectivity index (χ1n) is 5.25. The van der Waals surface area contributed by atoms with Crippen LogP contribution < -0.4 is 4.74 Å². The summed E-state index contributed by atoms with van der Waals surface area (Å²) in [6.07, 6.45) is 1.30. The Hall–Kier alpha value is -0.740. The molecular formula is C12H15FO2S. The summed E-state index contributed by atoms with van der Waals surface area (Å²) < 4.78 is 18.3. The number of thioether (sulfide) groups is 1. The van der Waals surface area contributed by atoms with Crippen LogP contribution in [0, 0.1) is 5.82 Å². The number of hydrogen-bond donors (Lipinski definition) is 1. The molecule has 0 bridgehead atoms. The molecule has 16 heavy (non-hydrogen) atoms. The molecule has 0 spiro atoms. The van der Waals surface area contributed by atoms with Crippen molar-refractivity contribution in [1.29, 1.82) is 0 Å². The lowest BCUT2D eigenvalue weighted by Gasteiger charge is -2.21. The van der Waals surface area contributed by atoms with Crippen molar-refractivity contribution in [1.82, 2.24) is 0 Å². The van der Waals surface area contributed by atoms with Crippen LogP contribution in [-0.2, 0) is 6.42 Å². The Morgan fingerprint density at radius 2 is 2.38 bits per heavy atom. The molecule has 2 nitrogen and oxygen atoms in total. The highest BCUT2D eigenvalue weighted by Crippen LogP contribution is 2.31. The van der Waals surface area contributed by atoms with E-state index in [1.54, 1.807) is 17.8 Å². The van der Waals surface area contributed by atoms with Gasteiger partial charge in [0.1, 0.15) is 0 Å². The van der Waals surface area contributed by atoms with Crippen molar-refractivity contribution >= 4 is 11.8 Å². The summed E-state index contributed by atoms with van der Waals surface area (Å²) >= 11 is 1.74. The smallest absolute Gasteiger partial charge is 0.165 e. The third-order valence-corrected chi connectivity index (χ3v) is 4.07. The van der Waals surface area contributed by atoms with Crippen molar-refractivity contribution < 1.29 is 14.2 Å². The van der Waals surface area contributed by atoms with E-state index < -0.39 is 5.60 Å². The van der Waals surface area contributed by atoms with E-state index in [1.165, 1.54) is 13.2 Å². The fraction of sp³-hybridized carbons (Fsp3) is 0.500. The molecule has 1 N–H and O–H groups in total. The molecule has 0 radical (unpaired) electrons. The maximum absolute atomic E-state index is 13.4. The van der Waals surface area contributed by atoms with Gasteiger partial charge in [-0.1, -0.05) is 6.07 Å². The Morgan fingerprint density at radius 3 is 2.94 bits per heavy atom. The molecule has 2 rings (SSSR count). The average Bonchev–Trinajstić information content (AvgIpc) is 2.65. The van der Waals surface area contributed by atoms with E-state index in [4.69, 9.17) is 4.74 Å². The highest BCUT2D eigenvalue weighted by atomic mass is 32.2. The Morgan fingerprint density at radius 1 is 1.56 bits per heavy atom. The second kappa shape index (κ2) is 4.63. The topological polar surface area (TPSA) is 29.5 Å². The van der Waals surface area contributed by atoms with Crippen molar-refractivity contribution in [2.45, 2.75) is 18.4 Å². The van der Waals surface area contributed by atoms with Crippen LogP contribution in [0.25, 0.3) is 0 Å². The highest BCUT2D eigenvalue weighted by molar-refractivity contribution is 7.99. The molecule has 1 fully saturated rings. The summed E-state index contributed by atoms with van der Waals surface area (Å²) in [5.41, 5.74) is 0.161. The van der Waals surface area contributed by atoms with Gasteiger partial charge in [-0.25, -0.2) is 4.39 Å². The van der Waals surface area contributed by atoms with E-state index in [1.807, 2.05) is 6.07 Å². The molecule has 0 saturated carbocycles. The van der Waals surface area contributed by atoms with Gasteiger partial charge >= 0.3 is 0 Å². The fourth-order valence-corrected chi connectivity index (χ4v) is 3.23. The van der Waals surface area contributed by atoms with Gasteiger partial charge in [-0.15, -0.1) is 0 Å². The molecular weight excluding hydrogens is 227 g/mol. The average molecular weight is 242 g/mol. The standard InChI is InChI=1S/C12H15FO2S/c1-15-11-3-2-9(6-10(11)13)7-12(14)4-5-16-8-12/h2-3,6,14H,4-5,7-8H2,1H3. The van der Waals surface area contributed by atoms with E-state index in [9.17, 15) is 9.50 Å². The highest BCUT2D eigenvalue weighted by Gasteiger charge is 2.31. The summed E-state index contributed by atoms with van der Waals surface area (Å²) in [7, 11) is 1.44. The van der Waals surface area contributed by atoms with E-state index in [0.717, 1.165) is 23.5 Å². The Balaban J connectivity index is 2.13. The zero-order valence-corrected chi connectivity index (χ0v) is 10.0. The first-order chi connectivity index (χ1) is 7.63. The van der Waals surface area contributed by atoms with Crippen LogP contribution >= 0.6 is 11.8 Å². The second-order valence-electron chi connectivity index (χ2n) is 4.17. The lowest BCUT2D eigenvalue weighted by atomic mass is 9.94. The van der Waals surface area contributed by atoms with E-state index >= 15 is 0 Å². The molecule has 88 valence electrons. The van der Waals surface area contributed by atoms with Gasteiger partial charge in [-0.2, -0.15) is 11.8 Å². The van der Waals surface area contributed by atoms with Crippen molar-refractivity contribution in [3.05, 3.63) is 29.6 Å². The van der Waals surface area contributed by atoms with Gasteiger partial charge in [0.15, 0.2) is 11.6 Å². The zero-order valence-electron chi connectivity index (χ0n) is 9.20.